The van der Waals surface area contributed by atoms with Crippen LogP contribution in [0.1, 0.15) is 24.0 Å². The van der Waals surface area contributed by atoms with Crippen LogP contribution in [0.25, 0.3) is 17.0 Å². The first kappa shape index (κ1) is 19.2. The van der Waals surface area contributed by atoms with Crippen molar-refractivity contribution in [2.24, 2.45) is 7.05 Å². The average Bonchev–Trinajstić information content (AvgIpc) is 3.17. The molecule has 5 nitrogen and oxygen atoms in total. The molecule has 3 heterocycles. The molecule has 154 valence electrons. The van der Waals surface area contributed by atoms with Gasteiger partial charge in [-0.3, -0.25) is 4.68 Å². The van der Waals surface area contributed by atoms with Crippen LogP contribution in [0.5, 0.6) is 11.5 Å². The summed E-state index contributed by atoms with van der Waals surface area (Å²) in [5.74, 6) is 1.76. The Morgan fingerprint density at radius 2 is 1.97 bits per heavy atom. The summed E-state index contributed by atoms with van der Waals surface area (Å²) in [6.45, 7) is 6.11. The number of methoxy groups -OCH3 is 1. The highest BCUT2D eigenvalue weighted by molar-refractivity contribution is 9.10. The third kappa shape index (κ3) is 2.93. The average molecular weight is 466 g/mol. The summed E-state index contributed by atoms with van der Waals surface area (Å²) >= 11 is 3.52. The number of benzene rings is 2. The molecule has 3 aromatic rings. The molecule has 30 heavy (non-hydrogen) atoms. The molecule has 0 saturated carbocycles. The molecule has 1 spiro atoms. The zero-order chi connectivity index (χ0) is 20.9. The minimum Gasteiger partial charge on any atom is -0.496 e. The van der Waals surface area contributed by atoms with E-state index in [0.29, 0.717) is 0 Å². The van der Waals surface area contributed by atoms with Crippen molar-refractivity contribution in [3.8, 4) is 22.8 Å². The van der Waals surface area contributed by atoms with Gasteiger partial charge in [0.25, 0.3) is 0 Å². The number of nitrogens with zero attached hydrogens (tertiary/aromatic N) is 3. The predicted molar refractivity (Wildman–Crippen MR) is 121 cm³/mol. The standard InChI is InChI=1S/C24H24BrN3O2/c1-16(17-8-9-20(25)22(14-17)29-3)28-12-10-24(11-13-28)19-15-26-27(2)23(19)18-6-4-5-7-21(18)30-24/h4-9,14-15H,1,10-13H2,2-3H3. The van der Waals surface area contributed by atoms with E-state index in [1.807, 2.05) is 36.1 Å². The minimum atomic E-state index is -0.341. The molecule has 0 bridgehead atoms. The highest BCUT2D eigenvalue weighted by atomic mass is 79.9. The predicted octanol–water partition coefficient (Wildman–Crippen LogP) is 5.21. The van der Waals surface area contributed by atoms with E-state index in [9.17, 15) is 0 Å². The van der Waals surface area contributed by atoms with Crippen LogP contribution in [-0.2, 0) is 12.6 Å². The van der Waals surface area contributed by atoms with Crippen molar-refractivity contribution in [2.45, 2.75) is 18.4 Å². The smallest absolute Gasteiger partial charge is 0.141 e. The SMILES string of the molecule is C=C(c1ccc(Br)c(OC)c1)N1CCC2(CC1)Oc1ccccc1-c1c2cnn1C. The summed E-state index contributed by atoms with van der Waals surface area (Å²) < 4.78 is 15.0. The fourth-order valence-corrected chi connectivity index (χ4v) is 5.05. The molecule has 1 saturated heterocycles. The molecule has 0 unspecified atom stereocenters. The van der Waals surface area contributed by atoms with E-state index in [1.165, 1.54) is 11.3 Å². The largest absolute Gasteiger partial charge is 0.496 e. The van der Waals surface area contributed by atoms with Crippen LogP contribution >= 0.6 is 15.9 Å². The highest BCUT2D eigenvalue weighted by Gasteiger charge is 2.45. The Kier molecular flexibility index (Phi) is 4.62. The number of ether oxygens (including phenoxy) is 2. The number of halogens is 1. The lowest BCUT2D eigenvalue weighted by Gasteiger charge is -2.45. The molecule has 5 rings (SSSR count). The summed E-state index contributed by atoms with van der Waals surface area (Å²) in [6, 6.07) is 14.4. The van der Waals surface area contributed by atoms with E-state index < -0.39 is 0 Å². The molecule has 1 fully saturated rings. The van der Waals surface area contributed by atoms with Crippen molar-refractivity contribution in [1.82, 2.24) is 14.7 Å². The van der Waals surface area contributed by atoms with Crippen LogP contribution in [0.15, 0.2) is 59.7 Å². The molecule has 0 N–H and O–H groups in total. The molecule has 2 aliphatic heterocycles. The summed E-state index contributed by atoms with van der Waals surface area (Å²) in [4.78, 5) is 2.34. The highest BCUT2D eigenvalue weighted by Crippen LogP contribution is 2.49. The Bertz CT molecular complexity index is 1130. The van der Waals surface area contributed by atoms with Crippen molar-refractivity contribution in [2.75, 3.05) is 20.2 Å². The lowest BCUT2D eigenvalue weighted by molar-refractivity contribution is 0.00877. The van der Waals surface area contributed by atoms with Gasteiger partial charge in [-0.15, -0.1) is 0 Å². The molecular formula is C24H24BrN3O2. The molecule has 2 aliphatic rings. The van der Waals surface area contributed by atoms with E-state index >= 15 is 0 Å². The number of rotatable bonds is 3. The molecule has 0 atom stereocenters. The molecule has 6 heteroatoms. The maximum atomic E-state index is 6.65. The second-order valence-corrected chi connectivity index (χ2v) is 8.76. The zero-order valence-corrected chi connectivity index (χ0v) is 18.8. The van der Waals surface area contributed by atoms with E-state index in [-0.39, 0.29) is 5.60 Å². The van der Waals surface area contributed by atoms with Gasteiger partial charge in [0, 0.05) is 55.4 Å². The number of aryl methyl sites for hydroxylation is 1. The maximum Gasteiger partial charge on any atom is 0.141 e. The van der Waals surface area contributed by atoms with E-state index in [1.54, 1.807) is 7.11 Å². The second kappa shape index (κ2) is 7.20. The van der Waals surface area contributed by atoms with Gasteiger partial charge in [0.1, 0.15) is 17.1 Å². The van der Waals surface area contributed by atoms with Crippen LogP contribution in [0.2, 0.25) is 0 Å². The van der Waals surface area contributed by atoms with Gasteiger partial charge in [-0.25, -0.2) is 0 Å². The van der Waals surface area contributed by atoms with Crippen molar-refractivity contribution in [3.05, 3.63) is 70.8 Å². The summed E-state index contributed by atoms with van der Waals surface area (Å²) in [5, 5.41) is 4.56. The molecular weight excluding hydrogens is 442 g/mol. The number of likely N-dealkylation sites (tertiary alicyclic amines) is 1. The number of hydrogen-bond acceptors (Lipinski definition) is 4. The van der Waals surface area contributed by atoms with Crippen molar-refractivity contribution >= 4 is 21.6 Å². The van der Waals surface area contributed by atoms with Gasteiger partial charge in [-0.05, 0) is 40.2 Å². The van der Waals surface area contributed by atoms with Crippen molar-refractivity contribution < 1.29 is 9.47 Å². The van der Waals surface area contributed by atoms with Crippen LogP contribution in [0, 0.1) is 0 Å². The normalized spacial score (nSPS) is 16.6. The molecule has 2 aromatic carbocycles. The van der Waals surface area contributed by atoms with Crippen LogP contribution in [-0.4, -0.2) is 34.9 Å². The maximum absolute atomic E-state index is 6.65. The fourth-order valence-electron chi connectivity index (χ4n) is 4.64. The van der Waals surface area contributed by atoms with Crippen LogP contribution in [0.4, 0.5) is 0 Å². The topological polar surface area (TPSA) is 39.5 Å². The molecule has 1 aromatic heterocycles. The Labute approximate surface area is 185 Å². The van der Waals surface area contributed by atoms with Crippen molar-refractivity contribution in [1.29, 1.82) is 0 Å². The summed E-state index contributed by atoms with van der Waals surface area (Å²) in [5.41, 5.74) is 5.22. The van der Waals surface area contributed by atoms with Gasteiger partial charge < -0.3 is 14.4 Å². The third-order valence-corrected chi connectivity index (χ3v) is 6.97. The minimum absolute atomic E-state index is 0.341. The monoisotopic (exact) mass is 465 g/mol. The first-order chi connectivity index (χ1) is 14.5. The van der Waals surface area contributed by atoms with Crippen LogP contribution < -0.4 is 9.47 Å². The summed E-state index contributed by atoms with van der Waals surface area (Å²) in [6.07, 6.45) is 3.74. The van der Waals surface area contributed by atoms with Gasteiger partial charge in [0.2, 0.25) is 0 Å². The number of fused-ring (bicyclic) bond motifs is 4. The number of hydrogen-bond donors (Lipinski definition) is 0. The first-order valence-electron chi connectivity index (χ1n) is 10.1. The molecule has 0 radical (unpaired) electrons. The summed E-state index contributed by atoms with van der Waals surface area (Å²) in [7, 11) is 3.69. The fraction of sp³-hybridized carbons (Fsp3) is 0.292. The van der Waals surface area contributed by atoms with Gasteiger partial charge in [-0.1, -0.05) is 24.8 Å². The third-order valence-electron chi connectivity index (χ3n) is 6.31. The van der Waals surface area contributed by atoms with E-state index in [0.717, 1.165) is 58.7 Å². The van der Waals surface area contributed by atoms with Gasteiger partial charge >= 0.3 is 0 Å². The lowest BCUT2D eigenvalue weighted by Crippen LogP contribution is -2.46. The molecule has 0 aliphatic carbocycles. The quantitative estimate of drug-likeness (QED) is 0.531. The van der Waals surface area contributed by atoms with Gasteiger partial charge in [0.15, 0.2) is 0 Å². The number of aromatic nitrogens is 2. The Morgan fingerprint density at radius 1 is 1.20 bits per heavy atom. The van der Waals surface area contributed by atoms with Crippen LogP contribution in [0.3, 0.4) is 0 Å². The Balaban J connectivity index is 1.41. The van der Waals surface area contributed by atoms with E-state index in [4.69, 9.17) is 9.47 Å². The first-order valence-corrected chi connectivity index (χ1v) is 10.9. The van der Waals surface area contributed by atoms with Gasteiger partial charge in [0.05, 0.1) is 23.5 Å². The van der Waals surface area contributed by atoms with Gasteiger partial charge in [-0.2, -0.15) is 5.10 Å². The van der Waals surface area contributed by atoms with Crippen molar-refractivity contribution in [3.63, 3.8) is 0 Å². The molecule has 0 amide bonds. The Hall–Kier alpha value is -2.73. The second-order valence-electron chi connectivity index (χ2n) is 7.91. The number of piperidine rings is 1. The van der Waals surface area contributed by atoms with E-state index in [2.05, 4.69) is 56.8 Å². The zero-order valence-electron chi connectivity index (χ0n) is 17.2. The lowest BCUT2D eigenvalue weighted by atomic mass is 9.80. The number of para-hydroxylation sites is 1. The Morgan fingerprint density at radius 3 is 2.73 bits per heavy atom.